The average Bonchev–Trinajstić information content (AvgIpc) is 3.10. The molecule has 1 heterocycles. The summed E-state index contributed by atoms with van der Waals surface area (Å²) >= 11 is 1.36. The Morgan fingerprint density at radius 2 is 1.77 bits per heavy atom. The summed E-state index contributed by atoms with van der Waals surface area (Å²) in [5, 5.41) is 7.80. The van der Waals surface area contributed by atoms with Crippen molar-refractivity contribution < 1.29 is 17.9 Å². The molecular formula is C18H18N2O4S2. The number of rotatable bonds is 5. The van der Waals surface area contributed by atoms with Crippen molar-refractivity contribution in [3.8, 4) is 33.3 Å². The van der Waals surface area contributed by atoms with E-state index in [9.17, 15) is 8.42 Å². The van der Waals surface area contributed by atoms with E-state index < -0.39 is 10.0 Å². The van der Waals surface area contributed by atoms with Gasteiger partial charge in [0.05, 0.1) is 24.8 Å². The Morgan fingerprint density at radius 1 is 1.04 bits per heavy atom. The lowest BCUT2D eigenvalue weighted by molar-refractivity contribution is 0.355. The van der Waals surface area contributed by atoms with Gasteiger partial charge in [0.1, 0.15) is 5.01 Å². The minimum absolute atomic E-state index is 0.0660. The fourth-order valence-electron chi connectivity index (χ4n) is 2.58. The highest BCUT2D eigenvalue weighted by atomic mass is 32.2. The van der Waals surface area contributed by atoms with Crippen LogP contribution in [0.2, 0.25) is 0 Å². The maximum Gasteiger partial charge on any atom is 0.238 e. The summed E-state index contributed by atoms with van der Waals surface area (Å²) in [5.74, 6) is 1.22. The van der Waals surface area contributed by atoms with E-state index >= 15 is 0 Å². The lowest BCUT2D eigenvalue weighted by Gasteiger charge is -2.08. The van der Waals surface area contributed by atoms with Crippen molar-refractivity contribution in [3.63, 3.8) is 0 Å². The maximum atomic E-state index is 11.9. The maximum absolute atomic E-state index is 11.9. The smallest absolute Gasteiger partial charge is 0.238 e. The number of hydrogen-bond acceptors (Lipinski definition) is 6. The molecule has 0 spiro atoms. The molecule has 136 valence electrons. The Hall–Kier alpha value is -2.42. The minimum Gasteiger partial charge on any atom is -0.493 e. The lowest BCUT2D eigenvalue weighted by Crippen LogP contribution is -2.13. The SMILES string of the molecule is COc1ccc(-c2csc(-c3cc(C)ccc3S(N)(=O)=O)n2)cc1OC. The molecule has 8 heteroatoms. The second-order valence-electron chi connectivity index (χ2n) is 5.65. The number of aryl methyl sites for hydroxylation is 1. The number of hydrogen-bond donors (Lipinski definition) is 1. The summed E-state index contributed by atoms with van der Waals surface area (Å²) in [7, 11) is -0.700. The van der Waals surface area contributed by atoms with Crippen molar-refractivity contribution in [1.29, 1.82) is 0 Å². The number of ether oxygens (including phenoxy) is 2. The van der Waals surface area contributed by atoms with Gasteiger partial charge in [0, 0.05) is 16.5 Å². The number of methoxy groups -OCH3 is 2. The highest BCUT2D eigenvalue weighted by Crippen LogP contribution is 2.36. The number of aromatic nitrogens is 1. The molecule has 0 unspecified atom stereocenters. The van der Waals surface area contributed by atoms with Gasteiger partial charge in [-0.2, -0.15) is 0 Å². The van der Waals surface area contributed by atoms with Crippen LogP contribution in [-0.2, 0) is 10.0 Å². The van der Waals surface area contributed by atoms with Crippen molar-refractivity contribution in [1.82, 2.24) is 4.98 Å². The molecule has 2 N–H and O–H groups in total. The Balaban J connectivity index is 2.08. The fraction of sp³-hybridized carbons (Fsp3) is 0.167. The largest absolute Gasteiger partial charge is 0.493 e. The topological polar surface area (TPSA) is 91.5 Å². The van der Waals surface area contributed by atoms with Gasteiger partial charge in [-0.3, -0.25) is 0 Å². The van der Waals surface area contributed by atoms with Crippen LogP contribution >= 0.6 is 11.3 Å². The van der Waals surface area contributed by atoms with Gasteiger partial charge in [-0.1, -0.05) is 11.6 Å². The fourth-order valence-corrected chi connectivity index (χ4v) is 4.23. The minimum atomic E-state index is -3.84. The van der Waals surface area contributed by atoms with Crippen molar-refractivity contribution in [3.05, 3.63) is 47.3 Å². The van der Waals surface area contributed by atoms with Crippen LogP contribution in [0.4, 0.5) is 0 Å². The molecule has 6 nitrogen and oxygen atoms in total. The first-order valence-corrected chi connectivity index (χ1v) is 10.1. The summed E-state index contributed by atoms with van der Waals surface area (Å²) in [6.45, 7) is 1.89. The Kier molecular flexibility index (Phi) is 4.99. The van der Waals surface area contributed by atoms with E-state index in [0.717, 1.165) is 11.1 Å². The Labute approximate surface area is 156 Å². The number of benzene rings is 2. The number of nitrogens with zero attached hydrogens (tertiary/aromatic N) is 1. The van der Waals surface area contributed by atoms with Gasteiger partial charge in [0.15, 0.2) is 11.5 Å². The zero-order valence-corrected chi connectivity index (χ0v) is 16.1. The van der Waals surface area contributed by atoms with E-state index in [1.54, 1.807) is 32.4 Å². The third kappa shape index (κ3) is 3.57. The zero-order valence-electron chi connectivity index (χ0n) is 14.5. The van der Waals surface area contributed by atoms with Crippen LogP contribution < -0.4 is 14.6 Å². The second-order valence-corrected chi connectivity index (χ2v) is 8.04. The van der Waals surface area contributed by atoms with Gasteiger partial charge < -0.3 is 9.47 Å². The Bertz CT molecular complexity index is 1060. The lowest BCUT2D eigenvalue weighted by atomic mass is 10.1. The van der Waals surface area contributed by atoms with Crippen molar-refractivity contribution in [2.24, 2.45) is 5.14 Å². The molecule has 0 amide bonds. The number of sulfonamides is 1. The zero-order chi connectivity index (χ0) is 18.9. The monoisotopic (exact) mass is 390 g/mol. The van der Waals surface area contributed by atoms with Crippen LogP contribution in [0.15, 0.2) is 46.7 Å². The van der Waals surface area contributed by atoms with E-state index in [-0.39, 0.29) is 4.90 Å². The van der Waals surface area contributed by atoms with Crippen LogP contribution in [0.1, 0.15) is 5.56 Å². The average molecular weight is 390 g/mol. The normalized spacial score (nSPS) is 11.4. The van der Waals surface area contributed by atoms with Crippen molar-refractivity contribution in [2.75, 3.05) is 14.2 Å². The van der Waals surface area contributed by atoms with E-state index in [4.69, 9.17) is 14.6 Å². The first-order chi connectivity index (χ1) is 12.3. The van der Waals surface area contributed by atoms with Crippen LogP contribution in [0.5, 0.6) is 11.5 Å². The second kappa shape index (κ2) is 7.06. The number of nitrogens with two attached hydrogens (primary N) is 1. The quantitative estimate of drug-likeness (QED) is 0.720. The summed E-state index contributed by atoms with van der Waals surface area (Å²) < 4.78 is 34.4. The molecule has 0 atom stereocenters. The summed E-state index contributed by atoms with van der Waals surface area (Å²) in [5.41, 5.74) is 2.99. The van der Waals surface area contributed by atoms with Crippen molar-refractivity contribution in [2.45, 2.75) is 11.8 Å². The van der Waals surface area contributed by atoms with Crippen LogP contribution in [0.3, 0.4) is 0 Å². The van der Waals surface area contributed by atoms with Crippen LogP contribution in [0, 0.1) is 6.92 Å². The molecule has 2 aromatic carbocycles. The molecule has 0 aliphatic carbocycles. The van der Waals surface area contributed by atoms with Gasteiger partial charge in [-0.25, -0.2) is 18.5 Å². The molecule has 3 aromatic rings. The van der Waals surface area contributed by atoms with Crippen LogP contribution in [-0.4, -0.2) is 27.6 Å². The molecule has 0 saturated heterocycles. The van der Waals surface area contributed by atoms with E-state index in [1.165, 1.54) is 17.4 Å². The van der Waals surface area contributed by atoms with E-state index in [0.29, 0.717) is 27.8 Å². The highest BCUT2D eigenvalue weighted by Gasteiger charge is 2.18. The standard InChI is InChI=1S/C18H18N2O4S2/c1-11-4-7-17(26(19,21)22)13(8-11)18-20-14(10-25-18)12-5-6-15(23-2)16(9-12)24-3/h4-10H,1-3H3,(H2,19,21,22). The molecule has 0 radical (unpaired) electrons. The molecule has 0 saturated carbocycles. The van der Waals surface area contributed by atoms with Crippen molar-refractivity contribution >= 4 is 21.4 Å². The molecule has 0 bridgehead atoms. The van der Waals surface area contributed by atoms with Gasteiger partial charge in [-0.05, 0) is 37.3 Å². The predicted octanol–water partition coefficient (Wildman–Crippen LogP) is 3.45. The molecule has 0 aliphatic rings. The molecule has 0 aliphatic heterocycles. The van der Waals surface area contributed by atoms with Gasteiger partial charge >= 0.3 is 0 Å². The van der Waals surface area contributed by atoms with Gasteiger partial charge in [-0.15, -0.1) is 11.3 Å². The predicted molar refractivity (Wildman–Crippen MR) is 102 cm³/mol. The molecule has 26 heavy (non-hydrogen) atoms. The highest BCUT2D eigenvalue weighted by molar-refractivity contribution is 7.89. The summed E-state index contributed by atoms with van der Waals surface area (Å²) in [6, 6.07) is 10.5. The third-order valence-corrected chi connectivity index (χ3v) is 5.70. The van der Waals surface area contributed by atoms with Gasteiger partial charge in [0.25, 0.3) is 0 Å². The summed E-state index contributed by atoms with van der Waals surface area (Å²) in [6.07, 6.45) is 0. The van der Waals surface area contributed by atoms with E-state index in [2.05, 4.69) is 4.98 Å². The Morgan fingerprint density at radius 3 is 2.42 bits per heavy atom. The summed E-state index contributed by atoms with van der Waals surface area (Å²) in [4.78, 5) is 4.67. The first-order valence-electron chi connectivity index (χ1n) is 7.65. The molecule has 0 fully saturated rings. The number of primary sulfonamides is 1. The molecule has 3 rings (SSSR count). The first kappa shape index (κ1) is 18.4. The van der Waals surface area contributed by atoms with E-state index in [1.807, 2.05) is 24.4 Å². The van der Waals surface area contributed by atoms with Gasteiger partial charge in [0.2, 0.25) is 10.0 Å². The number of thiazole rings is 1. The molecular weight excluding hydrogens is 372 g/mol. The van der Waals surface area contributed by atoms with Crippen LogP contribution in [0.25, 0.3) is 21.8 Å². The molecule has 1 aromatic heterocycles. The third-order valence-electron chi connectivity index (χ3n) is 3.86.